The van der Waals surface area contributed by atoms with Crippen LogP contribution in [0.25, 0.3) is 11.4 Å². The molecule has 2 aliphatic heterocycles. The Morgan fingerprint density at radius 1 is 1.12 bits per heavy atom. The fraction of sp³-hybridized carbons (Fsp3) is 0.348. The molecule has 1 fully saturated rings. The number of carbonyl (C=O) groups is 1. The molecule has 0 aliphatic carbocycles. The average Bonchev–Trinajstić information content (AvgIpc) is 3.28. The zero-order chi connectivity index (χ0) is 21.9. The number of benzene rings is 2. The number of piperidine rings is 1. The van der Waals surface area contributed by atoms with Gasteiger partial charge in [0.15, 0.2) is 11.5 Å². The Morgan fingerprint density at radius 2 is 1.94 bits per heavy atom. The zero-order valence-electron chi connectivity index (χ0n) is 17.4. The summed E-state index contributed by atoms with van der Waals surface area (Å²) in [4.78, 5) is 19.6. The van der Waals surface area contributed by atoms with E-state index in [0.29, 0.717) is 55.2 Å². The van der Waals surface area contributed by atoms with Crippen LogP contribution in [-0.4, -0.2) is 47.3 Å². The molecule has 1 aromatic heterocycles. The summed E-state index contributed by atoms with van der Waals surface area (Å²) in [7, 11) is 0. The van der Waals surface area contributed by atoms with Gasteiger partial charge in [-0.05, 0) is 55.8 Å². The van der Waals surface area contributed by atoms with Gasteiger partial charge in [0.1, 0.15) is 13.2 Å². The van der Waals surface area contributed by atoms with Gasteiger partial charge in [-0.2, -0.15) is 4.98 Å². The van der Waals surface area contributed by atoms with E-state index < -0.39 is 0 Å². The first-order valence-corrected chi connectivity index (χ1v) is 11.4. The SMILES string of the molecule is O=C(Nc1ccc2c(c1)OCCO2)C1CCCN(Cc2nc(-c3ccc(Br)cc3)no2)C1. The maximum atomic E-state index is 12.9. The summed E-state index contributed by atoms with van der Waals surface area (Å²) in [6, 6.07) is 13.3. The number of nitrogens with zero attached hydrogens (tertiary/aromatic N) is 3. The molecule has 9 heteroatoms. The second kappa shape index (κ2) is 9.30. The lowest BCUT2D eigenvalue weighted by molar-refractivity contribution is -0.121. The van der Waals surface area contributed by atoms with Crippen molar-refractivity contribution < 1.29 is 18.8 Å². The Kier molecular flexibility index (Phi) is 6.09. The van der Waals surface area contributed by atoms with Crippen LogP contribution in [0.1, 0.15) is 18.7 Å². The number of anilines is 1. The number of rotatable bonds is 5. The number of amides is 1. The molecule has 1 saturated heterocycles. The topological polar surface area (TPSA) is 89.7 Å². The lowest BCUT2D eigenvalue weighted by Gasteiger charge is -2.31. The van der Waals surface area contributed by atoms with Crippen molar-refractivity contribution in [3.05, 3.63) is 52.8 Å². The summed E-state index contributed by atoms with van der Waals surface area (Å²) in [5.41, 5.74) is 1.62. The highest BCUT2D eigenvalue weighted by atomic mass is 79.9. The van der Waals surface area contributed by atoms with E-state index in [2.05, 4.69) is 36.3 Å². The molecule has 3 heterocycles. The first-order valence-electron chi connectivity index (χ1n) is 10.7. The number of nitrogens with one attached hydrogen (secondary N) is 1. The van der Waals surface area contributed by atoms with Crippen LogP contribution in [0, 0.1) is 5.92 Å². The van der Waals surface area contributed by atoms with Crippen molar-refractivity contribution in [2.75, 3.05) is 31.6 Å². The minimum absolute atomic E-state index is 0.00691. The molecule has 0 bridgehead atoms. The summed E-state index contributed by atoms with van der Waals surface area (Å²) in [5, 5.41) is 7.12. The normalized spacial score (nSPS) is 18.3. The molecule has 2 aliphatic rings. The molecule has 8 nitrogen and oxygen atoms in total. The predicted octanol–water partition coefficient (Wildman–Crippen LogP) is 4.12. The third kappa shape index (κ3) is 4.78. The minimum Gasteiger partial charge on any atom is -0.486 e. The summed E-state index contributed by atoms with van der Waals surface area (Å²) in [6.45, 7) is 3.12. The molecule has 0 spiro atoms. The third-order valence-corrected chi connectivity index (χ3v) is 6.14. The molecule has 32 heavy (non-hydrogen) atoms. The van der Waals surface area contributed by atoms with Crippen molar-refractivity contribution in [3.63, 3.8) is 0 Å². The van der Waals surface area contributed by atoms with Crippen LogP contribution in [0.2, 0.25) is 0 Å². The maximum absolute atomic E-state index is 12.9. The molecular formula is C23H23BrN4O4. The quantitative estimate of drug-likeness (QED) is 0.565. The van der Waals surface area contributed by atoms with Crippen LogP contribution >= 0.6 is 15.9 Å². The smallest absolute Gasteiger partial charge is 0.241 e. The number of carbonyl (C=O) groups excluding carboxylic acids is 1. The van der Waals surface area contributed by atoms with E-state index in [4.69, 9.17) is 14.0 Å². The lowest BCUT2D eigenvalue weighted by atomic mass is 9.97. The fourth-order valence-corrected chi connectivity index (χ4v) is 4.27. The summed E-state index contributed by atoms with van der Waals surface area (Å²) in [5.74, 6) is 2.39. The second-order valence-corrected chi connectivity index (χ2v) is 8.86. The van der Waals surface area contributed by atoms with E-state index in [9.17, 15) is 4.79 Å². The van der Waals surface area contributed by atoms with E-state index in [1.165, 1.54) is 0 Å². The van der Waals surface area contributed by atoms with Gasteiger partial charge in [-0.1, -0.05) is 21.1 Å². The van der Waals surface area contributed by atoms with Crippen molar-refractivity contribution in [3.8, 4) is 22.9 Å². The van der Waals surface area contributed by atoms with Gasteiger partial charge in [0.2, 0.25) is 17.6 Å². The molecule has 1 N–H and O–H groups in total. The Hall–Kier alpha value is -2.91. The van der Waals surface area contributed by atoms with Gasteiger partial charge in [0.25, 0.3) is 0 Å². The molecule has 0 saturated carbocycles. The Bertz CT molecular complexity index is 1100. The number of ether oxygens (including phenoxy) is 2. The van der Waals surface area contributed by atoms with Gasteiger partial charge in [0.05, 0.1) is 12.5 Å². The first-order chi connectivity index (χ1) is 15.6. The monoisotopic (exact) mass is 498 g/mol. The highest BCUT2D eigenvalue weighted by molar-refractivity contribution is 9.10. The predicted molar refractivity (Wildman–Crippen MR) is 121 cm³/mol. The number of fused-ring (bicyclic) bond motifs is 1. The summed E-state index contributed by atoms with van der Waals surface area (Å²) >= 11 is 3.43. The average molecular weight is 499 g/mol. The van der Waals surface area contributed by atoms with E-state index in [1.807, 2.05) is 42.5 Å². The summed E-state index contributed by atoms with van der Waals surface area (Å²) in [6.07, 6.45) is 1.79. The molecule has 1 unspecified atom stereocenters. The Balaban J connectivity index is 1.19. The van der Waals surface area contributed by atoms with Crippen LogP contribution in [0.5, 0.6) is 11.5 Å². The molecule has 1 amide bonds. The number of aromatic nitrogens is 2. The van der Waals surface area contributed by atoms with Gasteiger partial charge in [0, 0.05) is 28.3 Å². The number of hydrogen-bond donors (Lipinski definition) is 1. The zero-order valence-corrected chi connectivity index (χ0v) is 19.0. The maximum Gasteiger partial charge on any atom is 0.241 e. The number of likely N-dealkylation sites (tertiary alicyclic amines) is 1. The lowest BCUT2D eigenvalue weighted by Crippen LogP contribution is -2.40. The van der Waals surface area contributed by atoms with Crippen LogP contribution in [0.15, 0.2) is 51.5 Å². The van der Waals surface area contributed by atoms with Crippen LogP contribution in [-0.2, 0) is 11.3 Å². The first kappa shape index (κ1) is 21.0. The van der Waals surface area contributed by atoms with Crippen molar-refractivity contribution in [2.45, 2.75) is 19.4 Å². The fourth-order valence-electron chi connectivity index (χ4n) is 4.01. The van der Waals surface area contributed by atoms with E-state index in [-0.39, 0.29) is 11.8 Å². The third-order valence-electron chi connectivity index (χ3n) is 5.62. The molecular weight excluding hydrogens is 476 g/mol. The molecule has 3 aromatic rings. The van der Waals surface area contributed by atoms with Crippen LogP contribution < -0.4 is 14.8 Å². The van der Waals surface area contributed by atoms with Gasteiger partial charge < -0.3 is 19.3 Å². The standard InChI is InChI=1S/C23H23BrN4O4/c24-17-5-3-15(4-6-17)22-26-21(32-27-22)14-28-9-1-2-16(13-28)23(29)25-18-7-8-19-20(12-18)31-11-10-30-19/h3-8,12,16H,1-2,9-11,13-14H2,(H,25,29). The molecule has 2 aromatic carbocycles. The second-order valence-electron chi connectivity index (χ2n) is 7.94. The highest BCUT2D eigenvalue weighted by Gasteiger charge is 2.27. The number of halogens is 1. The van der Waals surface area contributed by atoms with Crippen molar-refractivity contribution in [1.82, 2.24) is 15.0 Å². The number of hydrogen-bond acceptors (Lipinski definition) is 7. The van der Waals surface area contributed by atoms with Crippen molar-refractivity contribution in [2.24, 2.45) is 5.92 Å². The molecule has 0 radical (unpaired) electrons. The molecule has 166 valence electrons. The highest BCUT2D eigenvalue weighted by Crippen LogP contribution is 2.33. The van der Waals surface area contributed by atoms with Gasteiger partial charge >= 0.3 is 0 Å². The van der Waals surface area contributed by atoms with Crippen molar-refractivity contribution >= 4 is 27.5 Å². The van der Waals surface area contributed by atoms with E-state index in [1.54, 1.807) is 0 Å². The van der Waals surface area contributed by atoms with Crippen LogP contribution in [0.4, 0.5) is 5.69 Å². The van der Waals surface area contributed by atoms with E-state index in [0.717, 1.165) is 29.4 Å². The van der Waals surface area contributed by atoms with E-state index >= 15 is 0 Å². The van der Waals surface area contributed by atoms with Crippen molar-refractivity contribution in [1.29, 1.82) is 0 Å². The largest absolute Gasteiger partial charge is 0.486 e. The van der Waals surface area contributed by atoms with Gasteiger partial charge in [-0.15, -0.1) is 0 Å². The molecule has 1 atom stereocenters. The minimum atomic E-state index is -0.106. The Labute approximate surface area is 194 Å². The Morgan fingerprint density at radius 3 is 2.78 bits per heavy atom. The van der Waals surface area contributed by atoms with Crippen LogP contribution in [0.3, 0.4) is 0 Å². The van der Waals surface area contributed by atoms with Gasteiger partial charge in [-0.25, -0.2) is 0 Å². The van der Waals surface area contributed by atoms with Gasteiger partial charge in [-0.3, -0.25) is 9.69 Å². The molecule has 5 rings (SSSR count). The summed E-state index contributed by atoms with van der Waals surface area (Å²) < 4.78 is 17.6.